The van der Waals surface area contributed by atoms with Crippen LogP contribution in [0.25, 0.3) is 10.9 Å². The SMILES string of the molecule is Cc1nccc2c1c(C)nn2C1CC(N(C)C)C1. The molecule has 0 atom stereocenters. The van der Waals surface area contributed by atoms with Crippen molar-refractivity contribution in [1.82, 2.24) is 19.7 Å². The van der Waals surface area contributed by atoms with Gasteiger partial charge in [0, 0.05) is 23.3 Å². The van der Waals surface area contributed by atoms with Crippen LogP contribution < -0.4 is 0 Å². The lowest BCUT2D eigenvalue weighted by Gasteiger charge is -2.39. The van der Waals surface area contributed by atoms with E-state index in [2.05, 4.69) is 48.6 Å². The van der Waals surface area contributed by atoms with Crippen molar-refractivity contribution in [3.63, 3.8) is 0 Å². The number of aromatic nitrogens is 3. The second kappa shape index (κ2) is 4.05. The van der Waals surface area contributed by atoms with E-state index in [1.165, 1.54) is 23.7 Å². The first-order valence-corrected chi connectivity index (χ1v) is 6.54. The van der Waals surface area contributed by atoms with Crippen LogP contribution in [0.15, 0.2) is 12.3 Å². The fourth-order valence-electron chi connectivity index (χ4n) is 2.92. The minimum absolute atomic E-state index is 0.551. The fraction of sp³-hybridized carbons (Fsp3) is 0.571. The third kappa shape index (κ3) is 1.63. The maximum atomic E-state index is 4.72. The monoisotopic (exact) mass is 244 g/mol. The molecule has 2 aromatic heterocycles. The van der Waals surface area contributed by atoms with Gasteiger partial charge in [0.15, 0.2) is 0 Å². The predicted molar refractivity (Wildman–Crippen MR) is 72.7 cm³/mol. The van der Waals surface area contributed by atoms with Gasteiger partial charge in [-0.3, -0.25) is 9.67 Å². The Balaban J connectivity index is 1.97. The Hall–Kier alpha value is -1.42. The summed E-state index contributed by atoms with van der Waals surface area (Å²) in [6.45, 7) is 4.14. The number of pyridine rings is 1. The fourth-order valence-corrected chi connectivity index (χ4v) is 2.92. The van der Waals surface area contributed by atoms with E-state index in [0.717, 1.165) is 11.4 Å². The second-order valence-electron chi connectivity index (χ2n) is 5.56. The lowest BCUT2D eigenvalue weighted by molar-refractivity contribution is 0.124. The molecule has 0 N–H and O–H groups in total. The molecular formula is C14H20N4. The zero-order valence-corrected chi connectivity index (χ0v) is 11.5. The van der Waals surface area contributed by atoms with E-state index < -0.39 is 0 Å². The van der Waals surface area contributed by atoms with E-state index in [1.54, 1.807) is 0 Å². The molecule has 1 saturated carbocycles. The highest BCUT2D eigenvalue weighted by atomic mass is 15.3. The van der Waals surface area contributed by atoms with Crippen molar-refractivity contribution in [3.05, 3.63) is 23.7 Å². The summed E-state index contributed by atoms with van der Waals surface area (Å²) >= 11 is 0. The van der Waals surface area contributed by atoms with Crippen LogP contribution in [0.5, 0.6) is 0 Å². The van der Waals surface area contributed by atoms with Gasteiger partial charge in [-0.1, -0.05) is 0 Å². The third-order valence-electron chi connectivity index (χ3n) is 4.15. The standard InChI is InChI=1S/C14H20N4/c1-9-14-10(2)16-18(13(14)5-6-15-9)12-7-11(8-12)17(3)4/h5-6,11-12H,7-8H2,1-4H3. The van der Waals surface area contributed by atoms with Crippen LogP contribution in [-0.4, -0.2) is 39.8 Å². The molecule has 2 aromatic rings. The summed E-state index contributed by atoms with van der Waals surface area (Å²) in [5.41, 5.74) is 3.42. The molecule has 0 unspecified atom stereocenters. The number of hydrogen-bond donors (Lipinski definition) is 0. The molecule has 96 valence electrons. The smallest absolute Gasteiger partial charge is 0.0722 e. The summed E-state index contributed by atoms with van der Waals surface area (Å²) in [5.74, 6) is 0. The molecular weight excluding hydrogens is 224 g/mol. The average Bonchev–Trinajstić information content (AvgIpc) is 2.55. The van der Waals surface area contributed by atoms with Crippen molar-refractivity contribution in [1.29, 1.82) is 0 Å². The van der Waals surface area contributed by atoms with Gasteiger partial charge in [-0.05, 0) is 46.9 Å². The number of nitrogens with zero attached hydrogens (tertiary/aromatic N) is 4. The number of fused-ring (bicyclic) bond motifs is 1. The van der Waals surface area contributed by atoms with E-state index in [4.69, 9.17) is 5.10 Å². The topological polar surface area (TPSA) is 34.0 Å². The summed E-state index contributed by atoms with van der Waals surface area (Å²) in [6.07, 6.45) is 4.28. The van der Waals surface area contributed by atoms with Gasteiger partial charge in [0.1, 0.15) is 0 Å². The zero-order valence-electron chi connectivity index (χ0n) is 11.5. The maximum Gasteiger partial charge on any atom is 0.0722 e. The first-order valence-electron chi connectivity index (χ1n) is 6.54. The normalized spacial score (nSPS) is 23.6. The van der Waals surface area contributed by atoms with Crippen LogP contribution in [0.2, 0.25) is 0 Å². The van der Waals surface area contributed by atoms with Gasteiger partial charge in [0.25, 0.3) is 0 Å². The van der Waals surface area contributed by atoms with Gasteiger partial charge in [0.2, 0.25) is 0 Å². The molecule has 0 amide bonds. The Labute approximate surface area is 108 Å². The van der Waals surface area contributed by atoms with Crippen molar-refractivity contribution < 1.29 is 0 Å². The number of hydrogen-bond acceptors (Lipinski definition) is 3. The highest BCUT2D eigenvalue weighted by Gasteiger charge is 2.33. The van der Waals surface area contributed by atoms with E-state index in [-0.39, 0.29) is 0 Å². The van der Waals surface area contributed by atoms with Crippen molar-refractivity contribution in [2.75, 3.05) is 14.1 Å². The molecule has 0 spiro atoms. The van der Waals surface area contributed by atoms with Gasteiger partial charge < -0.3 is 4.90 Å². The highest BCUT2D eigenvalue weighted by Crippen LogP contribution is 2.37. The third-order valence-corrected chi connectivity index (χ3v) is 4.15. The van der Waals surface area contributed by atoms with Crippen molar-refractivity contribution in [3.8, 4) is 0 Å². The van der Waals surface area contributed by atoms with Gasteiger partial charge in [-0.2, -0.15) is 5.10 Å². The molecule has 0 aliphatic heterocycles. The molecule has 0 aromatic carbocycles. The molecule has 1 aliphatic rings. The molecule has 3 rings (SSSR count). The molecule has 4 heteroatoms. The van der Waals surface area contributed by atoms with E-state index in [0.29, 0.717) is 12.1 Å². The summed E-state index contributed by atoms with van der Waals surface area (Å²) < 4.78 is 2.21. The summed E-state index contributed by atoms with van der Waals surface area (Å²) in [6, 6.07) is 3.35. The van der Waals surface area contributed by atoms with E-state index in [9.17, 15) is 0 Å². The lowest BCUT2D eigenvalue weighted by atomic mass is 9.86. The molecule has 0 radical (unpaired) electrons. The van der Waals surface area contributed by atoms with Crippen LogP contribution in [0.4, 0.5) is 0 Å². The van der Waals surface area contributed by atoms with E-state index >= 15 is 0 Å². The minimum atomic E-state index is 0.551. The van der Waals surface area contributed by atoms with Crippen LogP contribution in [-0.2, 0) is 0 Å². The van der Waals surface area contributed by atoms with Crippen LogP contribution >= 0.6 is 0 Å². The minimum Gasteiger partial charge on any atom is -0.306 e. The molecule has 1 aliphatic carbocycles. The Morgan fingerprint density at radius 3 is 2.61 bits per heavy atom. The Morgan fingerprint density at radius 2 is 1.94 bits per heavy atom. The average molecular weight is 244 g/mol. The highest BCUT2D eigenvalue weighted by molar-refractivity contribution is 5.83. The Morgan fingerprint density at radius 1 is 1.22 bits per heavy atom. The summed E-state index contributed by atoms with van der Waals surface area (Å²) in [5, 5.41) is 5.95. The van der Waals surface area contributed by atoms with Crippen LogP contribution in [0.3, 0.4) is 0 Å². The second-order valence-corrected chi connectivity index (χ2v) is 5.56. The molecule has 4 nitrogen and oxygen atoms in total. The first kappa shape index (κ1) is 11.7. The lowest BCUT2D eigenvalue weighted by Crippen LogP contribution is -2.41. The molecule has 1 fully saturated rings. The molecule has 18 heavy (non-hydrogen) atoms. The maximum absolute atomic E-state index is 4.72. The molecule has 2 heterocycles. The van der Waals surface area contributed by atoms with Gasteiger partial charge >= 0.3 is 0 Å². The van der Waals surface area contributed by atoms with Gasteiger partial charge in [-0.15, -0.1) is 0 Å². The first-order chi connectivity index (χ1) is 8.58. The van der Waals surface area contributed by atoms with Crippen molar-refractivity contribution in [2.45, 2.75) is 38.8 Å². The summed E-state index contributed by atoms with van der Waals surface area (Å²) in [7, 11) is 4.31. The predicted octanol–water partition coefficient (Wildman–Crippen LogP) is 2.31. The largest absolute Gasteiger partial charge is 0.306 e. The Bertz CT molecular complexity index is 579. The van der Waals surface area contributed by atoms with Crippen LogP contribution in [0, 0.1) is 13.8 Å². The van der Waals surface area contributed by atoms with Gasteiger partial charge in [-0.25, -0.2) is 0 Å². The molecule has 0 saturated heterocycles. The quantitative estimate of drug-likeness (QED) is 0.813. The van der Waals surface area contributed by atoms with Crippen molar-refractivity contribution in [2.24, 2.45) is 0 Å². The zero-order chi connectivity index (χ0) is 12.9. The summed E-state index contributed by atoms with van der Waals surface area (Å²) in [4.78, 5) is 6.67. The van der Waals surface area contributed by atoms with Gasteiger partial charge in [0.05, 0.1) is 17.3 Å². The van der Waals surface area contributed by atoms with Crippen molar-refractivity contribution >= 4 is 10.9 Å². The Kier molecular flexibility index (Phi) is 2.63. The van der Waals surface area contributed by atoms with E-state index in [1.807, 2.05) is 6.20 Å². The number of rotatable bonds is 2. The molecule has 0 bridgehead atoms. The number of aryl methyl sites for hydroxylation is 2. The van der Waals surface area contributed by atoms with Crippen LogP contribution in [0.1, 0.15) is 30.3 Å².